The van der Waals surface area contributed by atoms with E-state index in [2.05, 4.69) is 34.3 Å². The molecule has 0 saturated heterocycles. The Balaban J connectivity index is 2.15. The highest BCUT2D eigenvalue weighted by Gasteiger charge is 2.28. The molecular weight excluding hydrogens is 316 g/mol. The average molecular weight is 346 g/mol. The molecule has 0 aliphatic rings. The van der Waals surface area contributed by atoms with E-state index in [0.717, 1.165) is 28.0 Å². The monoisotopic (exact) mass is 345 g/mol. The van der Waals surface area contributed by atoms with Gasteiger partial charge in [0, 0.05) is 11.0 Å². The smallest absolute Gasteiger partial charge is 0.225 e. The largest absolute Gasteiger partial charge is 0.295 e. The lowest BCUT2D eigenvalue weighted by molar-refractivity contribution is -0.633. The lowest BCUT2D eigenvalue weighted by Crippen LogP contribution is -2.30. The number of fused-ring (bicyclic) bond motifs is 1. The maximum atomic E-state index is 8.76. The van der Waals surface area contributed by atoms with Crippen LogP contribution in [0.5, 0.6) is 0 Å². The fourth-order valence-electron chi connectivity index (χ4n) is 3.67. The van der Waals surface area contributed by atoms with Crippen molar-refractivity contribution in [2.24, 2.45) is 7.05 Å². The Morgan fingerprint density at radius 1 is 0.962 bits per heavy atom. The van der Waals surface area contributed by atoms with Gasteiger partial charge in [-0.25, -0.2) is 4.57 Å². The van der Waals surface area contributed by atoms with Gasteiger partial charge in [0.1, 0.15) is 5.69 Å². The van der Waals surface area contributed by atoms with Crippen LogP contribution in [-0.4, -0.2) is 4.57 Å². The molecule has 4 aromatic rings. The molecule has 0 aliphatic carbocycles. The second-order valence-corrected chi connectivity index (χ2v) is 6.66. The van der Waals surface area contributed by atoms with Crippen molar-refractivity contribution in [3.63, 3.8) is 0 Å². The lowest BCUT2D eigenvalue weighted by atomic mass is 10.0. The summed E-state index contributed by atoms with van der Waals surface area (Å²) in [6, 6.07) is 23.6. The number of rotatable bonds is 3. The molecule has 0 bridgehead atoms. The molecule has 1 atom stereocenters. The summed E-state index contributed by atoms with van der Waals surface area (Å²) >= 11 is 0. The van der Waals surface area contributed by atoms with E-state index < -0.39 is 12.7 Å². The topological polar surface area (TPSA) is 8.81 Å². The van der Waals surface area contributed by atoms with Crippen molar-refractivity contribution in [2.75, 3.05) is 0 Å². The molecule has 0 spiro atoms. The molecule has 0 N–H and O–H groups in total. The molecule has 1 heterocycles. The quantitative estimate of drug-likeness (QED) is 0.430. The molecule has 2 heteroatoms. The fourth-order valence-corrected chi connectivity index (χ4v) is 3.67. The first-order valence-electron chi connectivity index (χ1n) is 10.8. The summed E-state index contributed by atoms with van der Waals surface area (Å²) in [5.41, 5.74) is 5.37. The van der Waals surface area contributed by atoms with Gasteiger partial charge >= 0.3 is 0 Å². The third-order valence-corrected chi connectivity index (χ3v) is 4.95. The maximum Gasteiger partial charge on any atom is 0.295 e. The van der Waals surface area contributed by atoms with E-state index >= 15 is 0 Å². The molecule has 1 aromatic heterocycles. The molecule has 0 amide bonds. The van der Waals surface area contributed by atoms with Gasteiger partial charge in [-0.1, -0.05) is 62.3 Å². The average Bonchev–Trinajstić information content (AvgIpc) is 3.00. The minimum absolute atomic E-state index is 0.473. The summed E-state index contributed by atoms with van der Waals surface area (Å²) in [6.45, 7) is 1.08. The third-order valence-electron chi connectivity index (χ3n) is 4.95. The van der Waals surface area contributed by atoms with Crippen LogP contribution in [0.1, 0.15) is 36.3 Å². The molecule has 3 aromatic carbocycles. The van der Waals surface area contributed by atoms with Gasteiger partial charge in [0.15, 0.2) is 11.0 Å². The van der Waals surface area contributed by atoms with Crippen LogP contribution >= 0.6 is 0 Å². The SMILES string of the molecule is [2H]C([2H])([2H])C([2H])(C)c1ccccc1-n1c(-c2ccccc2C)[n+](C)c2ccccc21. The predicted molar refractivity (Wildman–Crippen MR) is 109 cm³/mol. The Labute approximate surface area is 161 Å². The van der Waals surface area contributed by atoms with Crippen LogP contribution in [0, 0.1) is 6.92 Å². The standard InChI is InChI=1S/C24H25N2/c1-17(2)19-12-7-8-14-21(19)26-23-16-10-9-15-22(23)25(4)24(26)20-13-6-5-11-18(20)3/h5-17H,1-4H3/q+1/i1D3,17D. The van der Waals surface area contributed by atoms with Crippen molar-refractivity contribution in [3.8, 4) is 17.1 Å². The highest BCUT2D eigenvalue weighted by molar-refractivity contribution is 5.80. The van der Waals surface area contributed by atoms with Crippen LogP contribution < -0.4 is 4.57 Å². The van der Waals surface area contributed by atoms with E-state index in [1.807, 2.05) is 49.5 Å². The first-order valence-corrected chi connectivity index (χ1v) is 8.80. The van der Waals surface area contributed by atoms with E-state index in [0.29, 0.717) is 11.3 Å². The molecule has 1 unspecified atom stereocenters. The summed E-state index contributed by atoms with van der Waals surface area (Å²) in [5, 5.41) is 0. The number of benzene rings is 3. The Bertz CT molecular complexity index is 1240. The normalized spacial score (nSPS) is 16.4. The van der Waals surface area contributed by atoms with Crippen LogP contribution in [0.25, 0.3) is 28.1 Å². The molecule has 0 aliphatic heterocycles. The molecule has 4 rings (SSSR count). The maximum absolute atomic E-state index is 8.76. The summed E-state index contributed by atoms with van der Waals surface area (Å²) in [5.74, 6) is -0.806. The second-order valence-electron chi connectivity index (χ2n) is 6.66. The number of hydrogen-bond acceptors (Lipinski definition) is 0. The van der Waals surface area contributed by atoms with E-state index in [1.54, 1.807) is 12.1 Å². The zero-order chi connectivity index (χ0) is 21.7. The first-order chi connectivity index (χ1) is 14.1. The van der Waals surface area contributed by atoms with Crippen molar-refractivity contribution >= 4 is 11.0 Å². The van der Waals surface area contributed by atoms with Gasteiger partial charge in [-0.15, -0.1) is 0 Å². The minimum Gasteiger partial charge on any atom is -0.225 e. The first kappa shape index (κ1) is 12.5. The van der Waals surface area contributed by atoms with Gasteiger partial charge in [0.2, 0.25) is 0 Å². The Morgan fingerprint density at radius 2 is 1.65 bits per heavy atom. The molecule has 0 saturated carbocycles. The van der Waals surface area contributed by atoms with Crippen LogP contribution in [0.2, 0.25) is 0 Å². The zero-order valence-electron chi connectivity index (χ0n) is 19.3. The van der Waals surface area contributed by atoms with E-state index in [1.165, 1.54) is 6.92 Å². The second kappa shape index (κ2) is 6.45. The van der Waals surface area contributed by atoms with Gasteiger partial charge in [0.25, 0.3) is 5.82 Å². The number of aryl methyl sites for hydroxylation is 2. The fraction of sp³-hybridized carbons (Fsp3) is 0.208. The van der Waals surface area contributed by atoms with Gasteiger partial charge in [-0.05, 0) is 42.6 Å². The van der Waals surface area contributed by atoms with Crippen LogP contribution in [-0.2, 0) is 7.05 Å². The summed E-state index contributed by atoms with van der Waals surface area (Å²) in [4.78, 5) is 0. The predicted octanol–water partition coefficient (Wildman–Crippen LogP) is 5.55. The highest BCUT2D eigenvalue weighted by atomic mass is 15.2. The third kappa shape index (κ3) is 2.53. The van der Waals surface area contributed by atoms with Gasteiger partial charge < -0.3 is 0 Å². The Kier molecular flexibility index (Phi) is 3.10. The zero-order valence-corrected chi connectivity index (χ0v) is 15.3. The molecule has 26 heavy (non-hydrogen) atoms. The number of nitrogens with zero attached hydrogens (tertiary/aromatic N) is 2. The van der Waals surface area contributed by atoms with Crippen LogP contribution in [0.4, 0.5) is 0 Å². The molecule has 0 radical (unpaired) electrons. The summed E-state index contributed by atoms with van der Waals surface area (Å²) < 4.78 is 36.9. The van der Waals surface area contributed by atoms with Crippen LogP contribution in [0.3, 0.4) is 0 Å². The van der Waals surface area contributed by atoms with Gasteiger partial charge in [-0.2, -0.15) is 4.57 Å². The molecular formula is C24H25N2+. The highest BCUT2D eigenvalue weighted by Crippen LogP contribution is 2.32. The van der Waals surface area contributed by atoms with E-state index in [4.69, 9.17) is 5.48 Å². The number of hydrogen-bond donors (Lipinski definition) is 0. The van der Waals surface area contributed by atoms with Crippen molar-refractivity contribution in [2.45, 2.75) is 26.6 Å². The molecule has 130 valence electrons. The summed E-state index contributed by atoms with van der Waals surface area (Å²) in [7, 11) is 2.02. The van der Waals surface area contributed by atoms with Crippen molar-refractivity contribution in [1.82, 2.24) is 4.57 Å². The molecule has 2 nitrogen and oxygen atoms in total. The Morgan fingerprint density at radius 3 is 2.46 bits per heavy atom. The Hall–Kier alpha value is -2.87. The number of aromatic nitrogens is 2. The number of imidazole rings is 1. The van der Waals surface area contributed by atoms with E-state index in [9.17, 15) is 0 Å². The summed E-state index contributed by atoms with van der Waals surface area (Å²) in [6.07, 6.45) is 0. The van der Waals surface area contributed by atoms with Crippen molar-refractivity contribution < 1.29 is 10.1 Å². The lowest BCUT2D eigenvalue weighted by Gasteiger charge is -2.12. The minimum atomic E-state index is -2.46. The van der Waals surface area contributed by atoms with Crippen LogP contribution in [0.15, 0.2) is 72.8 Å². The number of para-hydroxylation sites is 3. The molecule has 0 fully saturated rings. The van der Waals surface area contributed by atoms with Gasteiger partial charge in [0.05, 0.1) is 12.6 Å². The van der Waals surface area contributed by atoms with Gasteiger partial charge in [-0.3, -0.25) is 0 Å². The van der Waals surface area contributed by atoms with Crippen molar-refractivity contribution in [3.05, 3.63) is 83.9 Å². The van der Waals surface area contributed by atoms with E-state index in [-0.39, 0.29) is 0 Å². The van der Waals surface area contributed by atoms with Crippen molar-refractivity contribution in [1.29, 1.82) is 0 Å².